The first-order valence-electron chi connectivity index (χ1n) is 6.52. The van der Waals surface area contributed by atoms with Gasteiger partial charge in [0.25, 0.3) is 5.91 Å². The third-order valence-electron chi connectivity index (χ3n) is 3.47. The van der Waals surface area contributed by atoms with Crippen LogP contribution in [0.2, 0.25) is 0 Å². The van der Waals surface area contributed by atoms with Crippen LogP contribution in [-0.2, 0) is 9.53 Å². The number of nitrogens with zero attached hydrogens (tertiary/aromatic N) is 3. The smallest absolute Gasteiger partial charge is 0.313 e. The molecule has 7 nitrogen and oxygen atoms in total. The summed E-state index contributed by atoms with van der Waals surface area (Å²) < 4.78 is 5.10. The number of ether oxygens (including phenoxy) is 1. The molecular formula is C13H18N4O3. The van der Waals surface area contributed by atoms with Gasteiger partial charge in [-0.3, -0.25) is 9.59 Å². The van der Waals surface area contributed by atoms with E-state index < -0.39 is 11.3 Å². The largest absolute Gasteiger partial charge is 0.466 e. The standard InChI is InChI=1S/C13H18N4O3/c1-3-20-12(19)13(2)6-7-17(8-13)10-5-4-9(11(14)18)15-16-10/h4-5H,3,6-8H2,1-2H3,(H2,14,18). The van der Waals surface area contributed by atoms with Gasteiger partial charge in [0.1, 0.15) is 0 Å². The Morgan fingerprint density at radius 2 is 2.20 bits per heavy atom. The summed E-state index contributed by atoms with van der Waals surface area (Å²) in [6, 6.07) is 3.22. The molecule has 1 fully saturated rings. The highest BCUT2D eigenvalue weighted by molar-refractivity contribution is 5.90. The number of hydrogen-bond donors (Lipinski definition) is 1. The maximum absolute atomic E-state index is 11.9. The van der Waals surface area contributed by atoms with Crippen LogP contribution in [0.15, 0.2) is 12.1 Å². The van der Waals surface area contributed by atoms with Crippen molar-refractivity contribution in [2.24, 2.45) is 11.1 Å². The SMILES string of the molecule is CCOC(=O)C1(C)CCN(c2ccc(C(N)=O)nn2)C1. The zero-order valence-electron chi connectivity index (χ0n) is 11.6. The molecule has 1 atom stereocenters. The number of hydrogen-bond acceptors (Lipinski definition) is 6. The Hall–Kier alpha value is -2.18. The number of carbonyl (C=O) groups is 2. The number of anilines is 1. The average Bonchev–Trinajstić information content (AvgIpc) is 2.83. The second-order valence-corrected chi connectivity index (χ2v) is 5.09. The molecule has 0 bridgehead atoms. The van der Waals surface area contributed by atoms with Crippen LogP contribution in [0, 0.1) is 5.41 Å². The minimum Gasteiger partial charge on any atom is -0.466 e. The van der Waals surface area contributed by atoms with Crippen LogP contribution in [0.5, 0.6) is 0 Å². The molecule has 108 valence electrons. The van der Waals surface area contributed by atoms with Crippen LogP contribution in [-0.4, -0.2) is 41.8 Å². The maximum Gasteiger partial charge on any atom is 0.313 e. The lowest BCUT2D eigenvalue weighted by atomic mass is 9.90. The van der Waals surface area contributed by atoms with E-state index in [0.29, 0.717) is 31.9 Å². The number of primary amides is 1. The number of carbonyl (C=O) groups excluding carboxylic acids is 2. The summed E-state index contributed by atoms with van der Waals surface area (Å²) in [5.41, 5.74) is 4.72. The van der Waals surface area contributed by atoms with Crippen molar-refractivity contribution >= 4 is 17.7 Å². The molecule has 1 aromatic heterocycles. The fourth-order valence-electron chi connectivity index (χ4n) is 2.25. The summed E-state index contributed by atoms with van der Waals surface area (Å²) in [6.07, 6.45) is 0.699. The van der Waals surface area contributed by atoms with Crippen molar-refractivity contribution in [3.63, 3.8) is 0 Å². The molecule has 2 N–H and O–H groups in total. The number of amides is 1. The zero-order chi connectivity index (χ0) is 14.8. The Morgan fingerprint density at radius 3 is 2.75 bits per heavy atom. The number of rotatable bonds is 4. The Labute approximate surface area is 117 Å². The van der Waals surface area contributed by atoms with Crippen molar-refractivity contribution in [3.8, 4) is 0 Å². The summed E-state index contributed by atoms with van der Waals surface area (Å²) >= 11 is 0. The van der Waals surface area contributed by atoms with E-state index in [9.17, 15) is 9.59 Å². The summed E-state index contributed by atoms with van der Waals surface area (Å²) in [5.74, 6) is -0.172. The van der Waals surface area contributed by atoms with Crippen molar-refractivity contribution < 1.29 is 14.3 Å². The second-order valence-electron chi connectivity index (χ2n) is 5.09. The highest BCUT2D eigenvalue weighted by atomic mass is 16.5. The quantitative estimate of drug-likeness (QED) is 0.798. The van der Waals surface area contributed by atoms with Gasteiger partial charge in [0.05, 0.1) is 12.0 Å². The molecule has 1 amide bonds. The maximum atomic E-state index is 11.9. The topological polar surface area (TPSA) is 98.4 Å². The van der Waals surface area contributed by atoms with Crippen LogP contribution < -0.4 is 10.6 Å². The van der Waals surface area contributed by atoms with E-state index in [1.807, 2.05) is 11.8 Å². The molecule has 2 heterocycles. The van der Waals surface area contributed by atoms with Crippen LogP contribution >= 0.6 is 0 Å². The third kappa shape index (κ3) is 2.71. The molecule has 7 heteroatoms. The predicted octanol–water partition coefficient (Wildman–Crippen LogP) is 0.355. The van der Waals surface area contributed by atoms with Crippen LogP contribution in [0.1, 0.15) is 30.8 Å². The van der Waals surface area contributed by atoms with Gasteiger partial charge in [-0.05, 0) is 32.4 Å². The van der Waals surface area contributed by atoms with Crippen molar-refractivity contribution in [3.05, 3.63) is 17.8 Å². The molecule has 1 aliphatic heterocycles. The van der Waals surface area contributed by atoms with Gasteiger partial charge in [-0.2, -0.15) is 0 Å². The summed E-state index contributed by atoms with van der Waals surface area (Å²) in [6.45, 7) is 5.27. The summed E-state index contributed by atoms with van der Waals surface area (Å²) in [4.78, 5) is 24.8. The van der Waals surface area contributed by atoms with E-state index in [2.05, 4.69) is 10.2 Å². The fraction of sp³-hybridized carbons (Fsp3) is 0.538. The van der Waals surface area contributed by atoms with Crippen molar-refractivity contribution in [2.75, 3.05) is 24.6 Å². The molecule has 1 unspecified atom stereocenters. The lowest BCUT2D eigenvalue weighted by Crippen LogP contribution is -2.34. The summed E-state index contributed by atoms with van der Waals surface area (Å²) in [5, 5.41) is 7.75. The van der Waals surface area contributed by atoms with Gasteiger partial charge in [0.15, 0.2) is 11.5 Å². The molecule has 1 aliphatic rings. The highest BCUT2D eigenvalue weighted by Crippen LogP contribution is 2.33. The first kappa shape index (κ1) is 14.2. The van der Waals surface area contributed by atoms with E-state index in [4.69, 9.17) is 10.5 Å². The molecule has 0 saturated carbocycles. The van der Waals surface area contributed by atoms with Gasteiger partial charge in [-0.15, -0.1) is 10.2 Å². The Bertz CT molecular complexity index is 517. The molecule has 0 radical (unpaired) electrons. The molecule has 2 rings (SSSR count). The summed E-state index contributed by atoms with van der Waals surface area (Å²) in [7, 11) is 0. The Kier molecular flexibility index (Phi) is 3.87. The average molecular weight is 278 g/mol. The van der Waals surface area contributed by atoms with Gasteiger partial charge in [-0.1, -0.05) is 0 Å². The molecule has 0 aliphatic carbocycles. The number of aromatic nitrogens is 2. The van der Waals surface area contributed by atoms with E-state index in [0.717, 1.165) is 0 Å². The van der Waals surface area contributed by atoms with Crippen LogP contribution in [0.4, 0.5) is 5.82 Å². The fourth-order valence-corrected chi connectivity index (χ4v) is 2.25. The van der Waals surface area contributed by atoms with Crippen molar-refractivity contribution in [1.29, 1.82) is 0 Å². The molecule has 0 spiro atoms. The van der Waals surface area contributed by atoms with Gasteiger partial charge in [-0.25, -0.2) is 0 Å². The molecular weight excluding hydrogens is 260 g/mol. The zero-order valence-corrected chi connectivity index (χ0v) is 11.6. The minimum absolute atomic E-state index is 0.126. The Morgan fingerprint density at radius 1 is 1.45 bits per heavy atom. The third-order valence-corrected chi connectivity index (χ3v) is 3.47. The van der Waals surface area contributed by atoms with Crippen LogP contribution in [0.25, 0.3) is 0 Å². The van der Waals surface area contributed by atoms with Gasteiger partial charge in [0, 0.05) is 13.1 Å². The monoisotopic (exact) mass is 278 g/mol. The highest BCUT2D eigenvalue weighted by Gasteiger charge is 2.42. The first-order chi connectivity index (χ1) is 9.46. The minimum atomic E-state index is -0.609. The molecule has 0 aromatic carbocycles. The van der Waals surface area contributed by atoms with Crippen molar-refractivity contribution in [1.82, 2.24) is 10.2 Å². The van der Waals surface area contributed by atoms with Gasteiger partial charge in [0.2, 0.25) is 0 Å². The van der Waals surface area contributed by atoms with E-state index in [1.165, 1.54) is 6.07 Å². The van der Waals surface area contributed by atoms with E-state index in [-0.39, 0.29) is 11.7 Å². The van der Waals surface area contributed by atoms with E-state index >= 15 is 0 Å². The normalized spacial score (nSPS) is 21.8. The van der Waals surface area contributed by atoms with Gasteiger partial charge >= 0.3 is 5.97 Å². The lowest BCUT2D eigenvalue weighted by Gasteiger charge is -2.22. The van der Waals surface area contributed by atoms with E-state index in [1.54, 1.807) is 13.0 Å². The molecule has 1 aromatic rings. The Balaban J connectivity index is 2.09. The van der Waals surface area contributed by atoms with Gasteiger partial charge < -0.3 is 15.4 Å². The second kappa shape index (κ2) is 5.44. The molecule has 1 saturated heterocycles. The lowest BCUT2D eigenvalue weighted by molar-refractivity contribution is -0.153. The van der Waals surface area contributed by atoms with Crippen LogP contribution in [0.3, 0.4) is 0 Å². The predicted molar refractivity (Wildman–Crippen MR) is 72.1 cm³/mol. The number of esters is 1. The number of nitrogens with two attached hydrogens (primary N) is 1. The van der Waals surface area contributed by atoms with Crippen molar-refractivity contribution in [2.45, 2.75) is 20.3 Å². The molecule has 20 heavy (non-hydrogen) atoms. The first-order valence-corrected chi connectivity index (χ1v) is 6.52.